The second-order valence-corrected chi connectivity index (χ2v) is 4.79. The lowest BCUT2D eigenvalue weighted by Gasteiger charge is -2.21. The summed E-state index contributed by atoms with van der Waals surface area (Å²) in [5, 5.41) is 0. The monoisotopic (exact) mass is 220 g/mol. The van der Waals surface area contributed by atoms with Crippen LogP contribution in [-0.4, -0.2) is 17.9 Å². The van der Waals surface area contributed by atoms with E-state index in [0.29, 0.717) is 6.42 Å². The molecule has 0 saturated carbocycles. The fourth-order valence-electron chi connectivity index (χ4n) is 1.34. The predicted molar refractivity (Wildman–Crippen MR) is 64.2 cm³/mol. The fourth-order valence-corrected chi connectivity index (χ4v) is 1.34. The molecule has 1 aromatic rings. The van der Waals surface area contributed by atoms with Crippen LogP contribution >= 0.6 is 0 Å². The molecular weight excluding hydrogens is 202 g/mol. The molecule has 0 aliphatic heterocycles. The summed E-state index contributed by atoms with van der Waals surface area (Å²) in [6, 6.07) is 7.06. The van der Waals surface area contributed by atoms with E-state index in [0.717, 1.165) is 11.3 Å². The van der Waals surface area contributed by atoms with E-state index in [1.807, 2.05) is 45.0 Å². The number of rotatable bonds is 4. The summed E-state index contributed by atoms with van der Waals surface area (Å²) in [5.41, 5.74) is 6.30. The van der Waals surface area contributed by atoms with Crippen molar-refractivity contribution >= 4 is 6.29 Å². The average Bonchev–Trinajstić information content (AvgIpc) is 2.18. The Hall–Kier alpha value is -1.35. The van der Waals surface area contributed by atoms with Crippen LogP contribution in [0.2, 0.25) is 0 Å². The molecule has 3 nitrogen and oxygen atoms in total. The molecule has 3 heteroatoms. The van der Waals surface area contributed by atoms with Gasteiger partial charge in [0.1, 0.15) is 11.4 Å². The van der Waals surface area contributed by atoms with Crippen LogP contribution < -0.4 is 10.5 Å². The Labute approximate surface area is 96.6 Å². The van der Waals surface area contributed by atoms with Gasteiger partial charge < -0.3 is 10.5 Å². The summed E-state index contributed by atoms with van der Waals surface area (Å²) < 4.78 is 5.68. The minimum atomic E-state index is -0.547. The number of carbonyl (C=O) groups excluding carboxylic acids is 1. The zero-order chi connectivity index (χ0) is 12.2. The summed E-state index contributed by atoms with van der Waals surface area (Å²) in [4.78, 5) is 10.3. The minimum absolute atomic E-state index is 0.200. The molecule has 0 fully saturated rings. The highest BCUT2D eigenvalue weighted by Gasteiger charge is 2.11. The Bertz CT molecular complexity index is 338. The van der Waals surface area contributed by atoms with Crippen LogP contribution in [0.5, 0.6) is 5.75 Å². The van der Waals surface area contributed by atoms with Crippen molar-refractivity contribution in [2.75, 3.05) is 0 Å². The van der Waals surface area contributed by atoms with Crippen LogP contribution in [0.25, 0.3) is 0 Å². The van der Waals surface area contributed by atoms with Gasteiger partial charge in [-0.25, -0.2) is 0 Å². The van der Waals surface area contributed by atoms with Crippen molar-refractivity contribution in [1.82, 2.24) is 0 Å². The normalized spacial score (nSPS) is 13.2. The van der Waals surface area contributed by atoms with Crippen LogP contribution in [0.3, 0.4) is 0 Å². The average molecular weight is 220 g/mol. The van der Waals surface area contributed by atoms with Gasteiger partial charge >= 0.3 is 0 Å². The zero-order valence-electron chi connectivity index (χ0n) is 9.99. The summed E-state index contributed by atoms with van der Waals surface area (Å²) in [5.74, 6) is 0.819. The van der Waals surface area contributed by atoms with E-state index in [2.05, 4.69) is 0 Å². The first-order chi connectivity index (χ1) is 7.40. The van der Waals surface area contributed by atoms with Gasteiger partial charge in [-0.3, -0.25) is 4.79 Å². The minimum Gasteiger partial charge on any atom is -0.488 e. The van der Waals surface area contributed by atoms with E-state index in [1.165, 1.54) is 0 Å². The molecule has 1 rings (SSSR count). The standard InChI is InChI=1S/C13H18NO2/c1-13(2,3)16-12-6-4-10(5-7-12)8-11(14)9-15/h4-7,11H,8,14H2,1-3H3/t11-/m1/s1. The Morgan fingerprint density at radius 1 is 1.31 bits per heavy atom. The lowest BCUT2D eigenvalue weighted by Crippen LogP contribution is -2.24. The molecule has 0 spiro atoms. The highest BCUT2D eigenvalue weighted by molar-refractivity contribution is 5.58. The molecule has 0 saturated heterocycles. The van der Waals surface area contributed by atoms with E-state index in [4.69, 9.17) is 10.5 Å². The van der Waals surface area contributed by atoms with Gasteiger partial charge in [0.15, 0.2) is 0 Å². The molecule has 1 atom stereocenters. The van der Waals surface area contributed by atoms with Gasteiger partial charge in [0.05, 0.1) is 6.04 Å². The summed E-state index contributed by atoms with van der Waals surface area (Å²) >= 11 is 0. The van der Waals surface area contributed by atoms with Crippen LogP contribution in [0.15, 0.2) is 24.3 Å². The molecule has 0 aliphatic rings. The third-order valence-electron chi connectivity index (χ3n) is 1.95. The van der Waals surface area contributed by atoms with E-state index < -0.39 is 6.04 Å². The molecule has 0 amide bonds. The number of hydrogen-bond donors (Lipinski definition) is 1. The van der Waals surface area contributed by atoms with Gasteiger partial charge in [0, 0.05) is 0 Å². The summed E-state index contributed by atoms with van der Waals surface area (Å²) in [6.45, 7) is 5.99. The van der Waals surface area contributed by atoms with Crippen molar-refractivity contribution in [2.45, 2.75) is 38.8 Å². The lowest BCUT2D eigenvalue weighted by molar-refractivity contribution is 0.131. The number of nitrogens with two attached hydrogens (primary N) is 1. The highest BCUT2D eigenvalue weighted by atomic mass is 16.5. The second kappa shape index (κ2) is 5.12. The van der Waals surface area contributed by atoms with Crippen molar-refractivity contribution in [2.24, 2.45) is 5.73 Å². The molecule has 0 heterocycles. The Kier molecular flexibility index (Phi) is 4.07. The first-order valence-electron chi connectivity index (χ1n) is 5.32. The maximum absolute atomic E-state index is 10.3. The van der Waals surface area contributed by atoms with Crippen molar-refractivity contribution < 1.29 is 9.53 Å². The SMILES string of the molecule is CC(C)(C)Oc1ccc(C[C@@H](N)[C]=O)cc1. The number of hydrogen-bond acceptors (Lipinski definition) is 3. The molecule has 87 valence electrons. The van der Waals surface area contributed by atoms with Crippen molar-refractivity contribution in [3.8, 4) is 5.75 Å². The second-order valence-electron chi connectivity index (χ2n) is 4.79. The van der Waals surface area contributed by atoms with Gasteiger partial charge in [0.2, 0.25) is 6.29 Å². The van der Waals surface area contributed by atoms with Crippen LogP contribution in [0.1, 0.15) is 26.3 Å². The van der Waals surface area contributed by atoms with Gasteiger partial charge in [-0.15, -0.1) is 0 Å². The molecule has 0 unspecified atom stereocenters. The maximum atomic E-state index is 10.3. The quantitative estimate of drug-likeness (QED) is 0.842. The number of benzene rings is 1. The van der Waals surface area contributed by atoms with Crippen molar-refractivity contribution in [3.63, 3.8) is 0 Å². The molecule has 2 N–H and O–H groups in total. The Morgan fingerprint density at radius 3 is 2.31 bits per heavy atom. The van der Waals surface area contributed by atoms with Crippen LogP contribution in [-0.2, 0) is 11.2 Å². The molecule has 1 aromatic carbocycles. The third-order valence-corrected chi connectivity index (χ3v) is 1.95. The first kappa shape index (κ1) is 12.7. The molecule has 1 radical (unpaired) electrons. The van der Waals surface area contributed by atoms with Crippen molar-refractivity contribution in [3.05, 3.63) is 29.8 Å². The smallest absolute Gasteiger partial charge is 0.217 e. The van der Waals surface area contributed by atoms with Crippen LogP contribution in [0, 0.1) is 0 Å². The van der Waals surface area contributed by atoms with Gasteiger partial charge in [0.25, 0.3) is 0 Å². The molecule has 0 bridgehead atoms. The van der Waals surface area contributed by atoms with Crippen LogP contribution in [0.4, 0.5) is 0 Å². The Balaban J connectivity index is 2.64. The fraction of sp³-hybridized carbons (Fsp3) is 0.462. The number of ether oxygens (including phenoxy) is 1. The molecule has 0 aromatic heterocycles. The van der Waals surface area contributed by atoms with Crippen molar-refractivity contribution in [1.29, 1.82) is 0 Å². The predicted octanol–water partition coefficient (Wildman–Crippen LogP) is 1.84. The lowest BCUT2D eigenvalue weighted by atomic mass is 10.1. The molecule has 16 heavy (non-hydrogen) atoms. The Morgan fingerprint density at radius 2 is 1.88 bits per heavy atom. The topological polar surface area (TPSA) is 52.3 Å². The summed E-state index contributed by atoms with van der Waals surface area (Å²) in [6.07, 6.45) is 2.28. The van der Waals surface area contributed by atoms with E-state index >= 15 is 0 Å². The van der Waals surface area contributed by atoms with Gasteiger partial charge in [-0.1, -0.05) is 12.1 Å². The first-order valence-corrected chi connectivity index (χ1v) is 5.32. The van der Waals surface area contributed by atoms with E-state index in [-0.39, 0.29) is 5.60 Å². The van der Waals surface area contributed by atoms with Gasteiger partial charge in [-0.2, -0.15) is 0 Å². The third kappa shape index (κ3) is 4.45. The molecular formula is C13H18NO2. The molecule has 0 aliphatic carbocycles. The highest BCUT2D eigenvalue weighted by Crippen LogP contribution is 2.18. The van der Waals surface area contributed by atoms with Gasteiger partial charge in [-0.05, 0) is 44.9 Å². The largest absolute Gasteiger partial charge is 0.488 e. The zero-order valence-corrected chi connectivity index (χ0v) is 9.99. The maximum Gasteiger partial charge on any atom is 0.217 e. The summed E-state index contributed by atoms with van der Waals surface area (Å²) in [7, 11) is 0. The van der Waals surface area contributed by atoms with E-state index in [9.17, 15) is 4.79 Å². The van der Waals surface area contributed by atoms with E-state index in [1.54, 1.807) is 6.29 Å².